The fourth-order valence-electron chi connectivity index (χ4n) is 3.98. The van der Waals surface area contributed by atoms with Gasteiger partial charge in [0.25, 0.3) is 0 Å². The summed E-state index contributed by atoms with van der Waals surface area (Å²) in [6, 6.07) is 7.87. The SMILES string of the molecule is Brc1ccc2[nH]c3c(c2c1)CCCC3NC1CCCC1. The first kappa shape index (κ1) is 12.9. The molecular weight excluding hydrogens is 312 g/mol. The molecule has 0 amide bonds. The van der Waals surface area contributed by atoms with Gasteiger partial charge in [0.1, 0.15) is 0 Å². The molecule has 1 heterocycles. The van der Waals surface area contributed by atoms with Crippen LogP contribution in [0.3, 0.4) is 0 Å². The van der Waals surface area contributed by atoms with Crippen molar-refractivity contribution in [1.29, 1.82) is 0 Å². The summed E-state index contributed by atoms with van der Waals surface area (Å²) in [5.41, 5.74) is 4.29. The molecule has 2 aromatic rings. The van der Waals surface area contributed by atoms with Crippen LogP contribution < -0.4 is 5.32 Å². The van der Waals surface area contributed by atoms with Gasteiger partial charge in [-0.3, -0.25) is 0 Å². The van der Waals surface area contributed by atoms with Crippen molar-refractivity contribution in [2.24, 2.45) is 0 Å². The fraction of sp³-hybridized carbons (Fsp3) is 0.529. The van der Waals surface area contributed by atoms with E-state index < -0.39 is 0 Å². The highest BCUT2D eigenvalue weighted by Crippen LogP contribution is 2.36. The van der Waals surface area contributed by atoms with E-state index in [-0.39, 0.29) is 0 Å². The molecule has 2 aliphatic rings. The summed E-state index contributed by atoms with van der Waals surface area (Å²) in [4.78, 5) is 3.68. The highest BCUT2D eigenvalue weighted by molar-refractivity contribution is 9.10. The lowest BCUT2D eigenvalue weighted by molar-refractivity contribution is 0.392. The third-order valence-corrected chi connectivity index (χ3v) is 5.45. The normalized spacial score (nSPS) is 23.4. The Morgan fingerprint density at radius 1 is 1.10 bits per heavy atom. The summed E-state index contributed by atoms with van der Waals surface area (Å²) < 4.78 is 1.18. The first-order chi connectivity index (χ1) is 9.81. The molecule has 2 nitrogen and oxygen atoms in total. The molecule has 1 unspecified atom stereocenters. The Labute approximate surface area is 128 Å². The van der Waals surface area contributed by atoms with E-state index in [9.17, 15) is 0 Å². The largest absolute Gasteiger partial charge is 0.357 e. The number of benzene rings is 1. The van der Waals surface area contributed by atoms with Gasteiger partial charge in [-0.2, -0.15) is 0 Å². The van der Waals surface area contributed by atoms with Crippen LogP contribution in [0.1, 0.15) is 55.8 Å². The number of aromatic nitrogens is 1. The summed E-state index contributed by atoms with van der Waals surface area (Å²) in [5.74, 6) is 0. The van der Waals surface area contributed by atoms with E-state index >= 15 is 0 Å². The monoisotopic (exact) mass is 332 g/mol. The highest BCUT2D eigenvalue weighted by atomic mass is 79.9. The first-order valence-electron chi connectivity index (χ1n) is 7.87. The second-order valence-corrected chi connectivity index (χ2v) is 7.22. The second-order valence-electron chi connectivity index (χ2n) is 6.30. The molecule has 106 valence electrons. The van der Waals surface area contributed by atoms with E-state index in [0.29, 0.717) is 6.04 Å². The van der Waals surface area contributed by atoms with Gasteiger partial charge in [0.2, 0.25) is 0 Å². The fourth-order valence-corrected chi connectivity index (χ4v) is 4.34. The number of fused-ring (bicyclic) bond motifs is 3. The highest BCUT2D eigenvalue weighted by Gasteiger charge is 2.27. The lowest BCUT2D eigenvalue weighted by Gasteiger charge is -2.27. The molecule has 1 aromatic heterocycles. The van der Waals surface area contributed by atoms with Crippen molar-refractivity contribution in [2.45, 2.75) is 57.0 Å². The topological polar surface area (TPSA) is 27.8 Å². The minimum atomic E-state index is 0.535. The van der Waals surface area contributed by atoms with Gasteiger partial charge in [-0.15, -0.1) is 0 Å². The number of nitrogens with one attached hydrogen (secondary N) is 2. The van der Waals surface area contributed by atoms with E-state index in [1.807, 2.05) is 0 Å². The number of hydrogen-bond acceptors (Lipinski definition) is 1. The molecular formula is C17H21BrN2. The van der Waals surface area contributed by atoms with Gasteiger partial charge in [0.15, 0.2) is 0 Å². The van der Waals surface area contributed by atoms with E-state index in [1.54, 1.807) is 5.56 Å². The summed E-state index contributed by atoms with van der Waals surface area (Å²) in [7, 11) is 0. The van der Waals surface area contributed by atoms with Crippen LogP contribution in [0.5, 0.6) is 0 Å². The van der Waals surface area contributed by atoms with Crippen LogP contribution in [0, 0.1) is 0 Å². The minimum Gasteiger partial charge on any atom is -0.357 e. The molecule has 0 radical (unpaired) electrons. The lowest BCUT2D eigenvalue weighted by atomic mass is 9.91. The Morgan fingerprint density at radius 3 is 2.80 bits per heavy atom. The predicted molar refractivity (Wildman–Crippen MR) is 87.1 cm³/mol. The van der Waals surface area contributed by atoms with Gasteiger partial charge in [-0.25, -0.2) is 0 Å². The maximum atomic E-state index is 3.91. The van der Waals surface area contributed by atoms with Crippen LogP contribution in [-0.2, 0) is 6.42 Å². The Bertz CT molecular complexity index is 625. The van der Waals surface area contributed by atoms with Crippen molar-refractivity contribution in [3.63, 3.8) is 0 Å². The van der Waals surface area contributed by atoms with E-state index in [2.05, 4.69) is 44.4 Å². The van der Waals surface area contributed by atoms with Crippen LogP contribution in [-0.4, -0.2) is 11.0 Å². The van der Waals surface area contributed by atoms with Gasteiger partial charge in [0, 0.05) is 33.2 Å². The van der Waals surface area contributed by atoms with Crippen LogP contribution in [0.2, 0.25) is 0 Å². The first-order valence-corrected chi connectivity index (χ1v) is 8.66. The van der Waals surface area contributed by atoms with Crippen LogP contribution in [0.4, 0.5) is 0 Å². The van der Waals surface area contributed by atoms with Crippen molar-refractivity contribution in [3.8, 4) is 0 Å². The van der Waals surface area contributed by atoms with Gasteiger partial charge in [-0.1, -0.05) is 28.8 Å². The van der Waals surface area contributed by atoms with Crippen molar-refractivity contribution >= 4 is 26.8 Å². The van der Waals surface area contributed by atoms with E-state index in [4.69, 9.17) is 0 Å². The quantitative estimate of drug-likeness (QED) is 0.809. The van der Waals surface area contributed by atoms with Gasteiger partial charge >= 0.3 is 0 Å². The van der Waals surface area contributed by atoms with Gasteiger partial charge in [0.05, 0.1) is 0 Å². The molecule has 2 N–H and O–H groups in total. The number of rotatable bonds is 2. The predicted octanol–water partition coefficient (Wildman–Crippen LogP) is 4.84. The van der Waals surface area contributed by atoms with E-state index in [1.165, 1.54) is 66.0 Å². The van der Waals surface area contributed by atoms with Crippen LogP contribution in [0.15, 0.2) is 22.7 Å². The zero-order chi connectivity index (χ0) is 13.5. The Morgan fingerprint density at radius 2 is 1.95 bits per heavy atom. The number of aromatic amines is 1. The second kappa shape index (κ2) is 5.19. The lowest BCUT2D eigenvalue weighted by Crippen LogP contribution is -2.32. The maximum absolute atomic E-state index is 3.91. The van der Waals surface area contributed by atoms with Crippen molar-refractivity contribution < 1.29 is 0 Å². The van der Waals surface area contributed by atoms with Crippen LogP contribution in [0.25, 0.3) is 10.9 Å². The Hall–Kier alpha value is -0.800. The summed E-state index contributed by atoms with van der Waals surface area (Å²) in [5, 5.41) is 5.32. The number of hydrogen-bond donors (Lipinski definition) is 2. The van der Waals surface area contributed by atoms with Crippen molar-refractivity contribution in [3.05, 3.63) is 33.9 Å². The average molecular weight is 333 g/mol. The van der Waals surface area contributed by atoms with Crippen molar-refractivity contribution in [2.75, 3.05) is 0 Å². The summed E-state index contributed by atoms with van der Waals surface area (Å²) >= 11 is 3.60. The molecule has 4 rings (SSSR count). The molecule has 1 saturated carbocycles. The van der Waals surface area contributed by atoms with E-state index in [0.717, 1.165) is 6.04 Å². The van der Waals surface area contributed by atoms with Gasteiger partial charge < -0.3 is 10.3 Å². The smallest absolute Gasteiger partial charge is 0.0478 e. The standard InChI is InChI=1S/C17H21BrN2/c18-11-8-9-15-14(10-11)13-6-3-7-16(17(13)20-15)19-12-4-1-2-5-12/h8-10,12,16,19-20H,1-7H2. The minimum absolute atomic E-state index is 0.535. The summed E-state index contributed by atoms with van der Waals surface area (Å²) in [6.07, 6.45) is 9.31. The molecule has 0 spiro atoms. The zero-order valence-electron chi connectivity index (χ0n) is 11.7. The molecule has 3 heteroatoms. The van der Waals surface area contributed by atoms with Gasteiger partial charge in [-0.05, 0) is 55.9 Å². The third kappa shape index (κ3) is 2.21. The number of aryl methyl sites for hydroxylation is 1. The maximum Gasteiger partial charge on any atom is 0.0478 e. The Balaban J connectivity index is 1.71. The molecule has 1 fully saturated rings. The van der Waals surface area contributed by atoms with Crippen LogP contribution >= 0.6 is 15.9 Å². The Kier molecular flexibility index (Phi) is 3.35. The average Bonchev–Trinajstić information content (AvgIpc) is 3.07. The summed E-state index contributed by atoms with van der Waals surface area (Å²) in [6.45, 7) is 0. The molecule has 20 heavy (non-hydrogen) atoms. The third-order valence-electron chi connectivity index (χ3n) is 4.96. The molecule has 1 atom stereocenters. The number of H-pyrrole nitrogens is 1. The molecule has 0 aliphatic heterocycles. The molecule has 1 aromatic carbocycles. The molecule has 0 bridgehead atoms. The zero-order valence-corrected chi connectivity index (χ0v) is 13.3. The molecule has 2 aliphatic carbocycles. The van der Waals surface area contributed by atoms with Crippen molar-refractivity contribution in [1.82, 2.24) is 10.3 Å². The molecule has 0 saturated heterocycles. The number of halogens is 1.